The summed E-state index contributed by atoms with van der Waals surface area (Å²) in [7, 11) is -3.88. The first-order chi connectivity index (χ1) is 14.0. The summed E-state index contributed by atoms with van der Waals surface area (Å²) in [5.74, 6) is 0. The summed E-state index contributed by atoms with van der Waals surface area (Å²) in [5.41, 5.74) is 2.71. The molecule has 3 rings (SSSR count). The second-order valence-electron chi connectivity index (χ2n) is 6.92. The van der Waals surface area contributed by atoms with Gasteiger partial charge in [0, 0.05) is 0 Å². The predicted molar refractivity (Wildman–Crippen MR) is 115 cm³/mol. The van der Waals surface area contributed by atoms with Crippen LogP contribution in [-0.2, 0) is 18.1 Å². The summed E-state index contributed by atoms with van der Waals surface area (Å²) >= 11 is 0. The van der Waals surface area contributed by atoms with E-state index in [9.17, 15) is 4.57 Å². The maximum atomic E-state index is 13.7. The van der Waals surface area contributed by atoms with Crippen molar-refractivity contribution in [3.63, 3.8) is 0 Å². The van der Waals surface area contributed by atoms with Crippen LogP contribution >= 0.6 is 7.82 Å². The zero-order valence-electron chi connectivity index (χ0n) is 17.0. The Kier molecular flexibility index (Phi) is 7.40. The maximum Gasteiger partial charge on any atom is 0.476 e. The van der Waals surface area contributed by atoms with E-state index in [4.69, 9.17) is 13.6 Å². The molecule has 3 aromatic rings. The molecular weight excluding hydrogens is 383 g/mol. The van der Waals surface area contributed by atoms with Crippen molar-refractivity contribution in [2.45, 2.75) is 39.1 Å². The van der Waals surface area contributed by atoms with Crippen LogP contribution in [0.4, 0.5) is 0 Å². The summed E-state index contributed by atoms with van der Waals surface area (Å²) in [6, 6.07) is 28.9. The van der Waals surface area contributed by atoms with Gasteiger partial charge in [-0.25, -0.2) is 4.57 Å². The SMILES string of the molecule is CC(OP(=O)(OC(C)c1ccccc1)OC(C)c1ccccc1)c1ccccc1. The maximum absolute atomic E-state index is 13.7. The van der Waals surface area contributed by atoms with Crippen molar-refractivity contribution in [2.24, 2.45) is 0 Å². The molecule has 0 radical (unpaired) electrons. The van der Waals surface area contributed by atoms with Crippen LogP contribution in [0.15, 0.2) is 91.0 Å². The van der Waals surface area contributed by atoms with Crippen LogP contribution in [0, 0.1) is 0 Å². The summed E-state index contributed by atoms with van der Waals surface area (Å²) in [5, 5.41) is 0. The van der Waals surface area contributed by atoms with Gasteiger partial charge in [-0.15, -0.1) is 0 Å². The first-order valence-corrected chi connectivity index (χ1v) is 11.2. The van der Waals surface area contributed by atoms with Crippen LogP contribution < -0.4 is 0 Å². The summed E-state index contributed by atoms with van der Waals surface area (Å²) < 4.78 is 31.5. The van der Waals surface area contributed by atoms with Gasteiger partial charge in [0.1, 0.15) is 0 Å². The predicted octanol–water partition coefficient (Wildman–Crippen LogP) is 7.43. The van der Waals surface area contributed by atoms with E-state index in [1.807, 2.05) is 112 Å². The lowest BCUT2D eigenvalue weighted by Gasteiger charge is -2.27. The molecule has 0 saturated heterocycles. The highest BCUT2D eigenvalue weighted by atomic mass is 31.2. The fourth-order valence-electron chi connectivity index (χ4n) is 3.01. The second-order valence-corrected chi connectivity index (χ2v) is 8.45. The fraction of sp³-hybridized carbons (Fsp3) is 0.250. The molecule has 0 fully saturated rings. The van der Waals surface area contributed by atoms with E-state index in [1.54, 1.807) is 0 Å². The highest BCUT2D eigenvalue weighted by molar-refractivity contribution is 7.48. The van der Waals surface area contributed by atoms with Crippen LogP contribution in [0.1, 0.15) is 55.8 Å². The van der Waals surface area contributed by atoms with E-state index in [0.29, 0.717) is 0 Å². The van der Waals surface area contributed by atoms with Gasteiger partial charge in [-0.05, 0) is 37.5 Å². The van der Waals surface area contributed by atoms with Crippen LogP contribution in [-0.4, -0.2) is 0 Å². The average Bonchev–Trinajstić information content (AvgIpc) is 2.75. The third-order valence-electron chi connectivity index (χ3n) is 4.67. The molecule has 0 aliphatic rings. The quantitative estimate of drug-likeness (QED) is 0.344. The van der Waals surface area contributed by atoms with Crippen molar-refractivity contribution < 1.29 is 18.1 Å². The zero-order chi connectivity index (χ0) is 20.7. The highest BCUT2D eigenvalue weighted by Gasteiger charge is 2.35. The van der Waals surface area contributed by atoms with E-state index in [-0.39, 0.29) is 0 Å². The first-order valence-electron chi connectivity index (χ1n) is 9.77. The van der Waals surface area contributed by atoms with E-state index in [2.05, 4.69) is 0 Å². The lowest BCUT2D eigenvalue weighted by atomic mass is 10.1. The van der Waals surface area contributed by atoms with Crippen molar-refractivity contribution in [3.8, 4) is 0 Å². The molecule has 152 valence electrons. The van der Waals surface area contributed by atoms with E-state index >= 15 is 0 Å². The van der Waals surface area contributed by atoms with Gasteiger partial charge in [0.15, 0.2) is 0 Å². The number of benzene rings is 3. The smallest absolute Gasteiger partial charge is 0.279 e. The Morgan fingerprint density at radius 3 is 1.00 bits per heavy atom. The lowest BCUT2D eigenvalue weighted by molar-refractivity contribution is 0.0421. The minimum Gasteiger partial charge on any atom is -0.279 e. The van der Waals surface area contributed by atoms with Crippen LogP contribution in [0.3, 0.4) is 0 Å². The van der Waals surface area contributed by atoms with Crippen LogP contribution in [0.5, 0.6) is 0 Å². The van der Waals surface area contributed by atoms with Crippen molar-refractivity contribution >= 4 is 7.82 Å². The van der Waals surface area contributed by atoms with E-state index < -0.39 is 26.1 Å². The highest BCUT2D eigenvalue weighted by Crippen LogP contribution is 2.58. The van der Waals surface area contributed by atoms with Crippen LogP contribution in [0.2, 0.25) is 0 Å². The van der Waals surface area contributed by atoms with E-state index in [1.165, 1.54) is 0 Å². The topological polar surface area (TPSA) is 44.8 Å². The summed E-state index contributed by atoms with van der Waals surface area (Å²) in [6.45, 7) is 5.53. The molecule has 3 atom stereocenters. The number of phosphoric acid groups is 1. The van der Waals surface area contributed by atoms with Crippen molar-refractivity contribution in [2.75, 3.05) is 0 Å². The molecule has 29 heavy (non-hydrogen) atoms. The molecule has 0 spiro atoms. The molecule has 5 heteroatoms. The number of rotatable bonds is 9. The molecule has 3 aromatic carbocycles. The summed E-state index contributed by atoms with van der Waals surface area (Å²) in [6.07, 6.45) is -1.35. The largest absolute Gasteiger partial charge is 0.476 e. The van der Waals surface area contributed by atoms with Gasteiger partial charge >= 0.3 is 7.82 Å². The Morgan fingerprint density at radius 2 is 0.759 bits per heavy atom. The van der Waals surface area contributed by atoms with Gasteiger partial charge in [0.25, 0.3) is 0 Å². The lowest BCUT2D eigenvalue weighted by Crippen LogP contribution is -2.09. The van der Waals surface area contributed by atoms with Crippen molar-refractivity contribution in [3.05, 3.63) is 108 Å². The van der Waals surface area contributed by atoms with E-state index in [0.717, 1.165) is 16.7 Å². The fourth-order valence-corrected chi connectivity index (χ4v) is 4.69. The number of hydrogen-bond donors (Lipinski definition) is 0. The van der Waals surface area contributed by atoms with Gasteiger partial charge in [0.2, 0.25) is 0 Å². The van der Waals surface area contributed by atoms with Gasteiger partial charge < -0.3 is 0 Å². The molecule has 0 amide bonds. The third-order valence-corrected chi connectivity index (χ3v) is 6.39. The molecule has 0 bridgehead atoms. The van der Waals surface area contributed by atoms with Gasteiger partial charge in [-0.2, -0.15) is 0 Å². The Bertz CT molecular complexity index is 793. The minimum absolute atomic E-state index is 0.451. The Labute approximate surface area is 173 Å². The monoisotopic (exact) mass is 410 g/mol. The molecule has 3 unspecified atom stereocenters. The molecule has 0 aliphatic heterocycles. The Morgan fingerprint density at radius 1 is 0.517 bits per heavy atom. The molecule has 0 aliphatic carbocycles. The van der Waals surface area contributed by atoms with Gasteiger partial charge in [0.05, 0.1) is 18.3 Å². The molecule has 0 saturated carbocycles. The molecular formula is C24H27O4P. The standard InChI is InChI=1S/C24H27O4P/c1-19(22-13-7-4-8-14-22)26-29(25,27-20(2)23-15-9-5-10-16-23)28-21(3)24-17-11-6-12-18-24/h4-21H,1-3H3. The first kappa shape index (κ1) is 21.5. The third kappa shape index (κ3) is 6.12. The molecule has 0 aromatic heterocycles. The molecule has 4 nitrogen and oxygen atoms in total. The summed E-state index contributed by atoms with van der Waals surface area (Å²) in [4.78, 5) is 0. The average molecular weight is 410 g/mol. The normalized spacial score (nSPS) is 16.5. The zero-order valence-corrected chi connectivity index (χ0v) is 17.9. The number of hydrogen-bond acceptors (Lipinski definition) is 4. The Hall–Kier alpha value is -2.23. The molecule has 0 N–H and O–H groups in total. The minimum atomic E-state index is -3.88. The van der Waals surface area contributed by atoms with Gasteiger partial charge in [-0.3, -0.25) is 13.6 Å². The Balaban J connectivity index is 1.82. The number of phosphoric ester groups is 1. The van der Waals surface area contributed by atoms with Gasteiger partial charge in [-0.1, -0.05) is 91.0 Å². The van der Waals surface area contributed by atoms with Crippen LogP contribution in [0.25, 0.3) is 0 Å². The second kappa shape index (κ2) is 10.00. The molecule has 0 heterocycles. The van der Waals surface area contributed by atoms with Crippen molar-refractivity contribution in [1.29, 1.82) is 0 Å². The van der Waals surface area contributed by atoms with Crippen molar-refractivity contribution in [1.82, 2.24) is 0 Å².